The van der Waals surface area contributed by atoms with Crippen LogP contribution in [-0.4, -0.2) is 19.7 Å². The van der Waals surface area contributed by atoms with E-state index in [-0.39, 0.29) is 11.8 Å². The predicted octanol–water partition coefficient (Wildman–Crippen LogP) is 3.50. The van der Waals surface area contributed by atoms with Crippen LogP contribution in [0.2, 0.25) is 5.02 Å². The summed E-state index contributed by atoms with van der Waals surface area (Å²) < 4.78 is 29.5. The molecule has 2 aromatic rings. The van der Waals surface area contributed by atoms with Crippen LogP contribution in [0.1, 0.15) is 17.2 Å². The molecule has 2 unspecified atom stereocenters. The molecule has 25 heavy (non-hydrogen) atoms. The fourth-order valence-corrected chi connectivity index (χ4v) is 3.13. The third kappa shape index (κ3) is 4.89. The number of alkyl halides is 2. The van der Waals surface area contributed by atoms with Crippen molar-refractivity contribution in [2.45, 2.75) is 19.2 Å². The largest absolute Gasteiger partial charge is 0.434 e. The maximum Gasteiger partial charge on any atom is 0.387 e. The van der Waals surface area contributed by atoms with Gasteiger partial charge in [-0.1, -0.05) is 41.9 Å². The van der Waals surface area contributed by atoms with Gasteiger partial charge in [-0.2, -0.15) is 8.78 Å². The van der Waals surface area contributed by atoms with Crippen molar-refractivity contribution in [3.05, 3.63) is 64.7 Å². The highest BCUT2D eigenvalue weighted by Crippen LogP contribution is 2.26. The van der Waals surface area contributed by atoms with Crippen LogP contribution < -0.4 is 20.9 Å². The van der Waals surface area contributed by atoms with Gasteiger partial charge >= 0.3 is 6.61 Å². The van der Waals surface area contributed by atoms with Gasteiger partial charge in [0.15, 0.2) is 0 Å². The Labute approximate surface area is 150 Å². The first-order valence-corrected chi connectivity index (χ1v) is 8.48. The molecule has 3 N–H and O–H groups in total. The molecule has 1 fully saturated rings. The first kappa shape index (κ1) is 18.1. The second-order valence-electron chi connectivity index (χ2n) is 5.93. The summed E-state index contributed by atoms with van der Waals surface area (Å²) in [5.74, 6) is 0.534. The van der Waals surface area contributed by atoms with E-state index in [0.29, 0.717) is 23.0 Å². The first-order chi connectivity index (χ1) is 12.1. The zero-order valence-electron chi connectivity index (χ0n) is 13.5. The number of nitrogens with one attached hydrogen (secondary N) is 3. The number of rotatable bonds is 7. The van der Waals surface area contributed by atoms with Gasteiger partial charge in [0.25, 0.3) is 0 Å². The number of hydrogen-bond donors (Lipinski definition) is 3. The van der Waals surface area contributed by atoms with Crippen molar-refractivity contribution >= 4 is 11.6 Å². The zero-order chi connectivity index (χ0) is 17.6. The number of hydrazine groups is 1. The number of hydrogen-bond acceptors (Lipinski definition) is 4. The van der Waals surface area contributed by atoms with E-state index >= 15 is 0 Å². The van der Waals surface area contributed by atoms with Crippen LogP contribution in [0.25, 0.3) is 0 Å². The van der Waals surface area contributed by atoms with Gasteiger partial charge < -0.3 is 10.1 Å². The van der Waals surface area contributed by atoms with E-state index in [1.165, 1.54) is 0 Å². The molecule has 0 amide bonds. The van der Waals surface area contributed by atoms with E-state index in [1.807, 2.05) is 30.3 Å². The highest BCUT2D eigenvalue weighted by molar-refractivity contribution is 6.30. The fraction of sp³-hybridized carbons (Fsp3) is 0.333. The van der Waals surface area contributed by atoms with E-state index in [9.17, 15) is 8.78 Å². The molecule has 0 saturated carbocycles. The SMILES string of the molecule is FC(F)Oc1ccccc1CNCC1CNNC1c1ccc(Cl)cc1. The Morgan fingerprint density at radius 3 is 2.68 bits per heavy atom. The maximum absolute atomic E-state index is 12.5. The predicted molar refractivity (Wildman–Crippen MR) is 93.6 cm³/mol. The van der Waals surface area contributed by atoms with Gasteiger partial charge in [-0.25, -0.2) is 5.43 Å². The third-order valence-corrected chi connectivity index (χ3v) is 4.48. The molecular formula is C18H20ClF2N3O. The number of ether oxygens (including phenoxy) is 1. The molecule has 0 aromatic heterocycles. The summed E-state index contributed by atoms with van der Waals surface area (Å²) >= 11 is 5.94. The van der Waals surface area contributed by atoms with E-state index in [4.69, 9.17) is 11.6 Å². The summed E-state index contributed by atoms with van der Waals surface area (Å²) in [5.41, 5.74) is 8.31. The third-order valence-electron chi connectivity index (χ3n) is 4.23. The van der Waals surface area contributed by atoms with Crippen molar-refractivity contribution in [2.75, 3.05) is 13.1 Å². The Bertz CT molecular complexity index is 684. The average Bonchev–Trinajstić information content (AvgIpc) is 3.05. The smallest absolute Gasteiger partial charge is 0.387 e. The summed E-state index contributed by atoms with van der Waals surface area (Å²) in [6.07, 6.45) is 0. The van der Waals surface area contributed by atoms with Crippen molar-refractivity contribution in [1.29, 1.82) is 0 Å². The Morgan fingerprint density at radius 1 is 1.16 bits per heavy atom. The molecule has 3 rings (SSSR count). The Morgan fingerprint density at radius 2 is 1.92 bits per heavy atom. The van der Waals surface area contributed by atoms with Crippen molar-refractivity contribution in [2.24, 2.45) is 5.92 Å². The van der Waals surface area contributed by atoms with Gasteiger partial charge in [-0.15, -0.1) is 0 Å². The molecule has 0 aliphatic carbocycles. The molecule has 7 heteroatoms. The Balaban J connectivity index is 1.57. The van der Waals surface area contributed by atoms with Gasteiger partial charge in [-0.05, 0) is 23.8 Å². The van der Waals surface area contributed by atoms with Crippen LogP contribution in [0.3, 0.4) is 0 Å². The molecule has 0 spiro atoms. The quantitative estimate of drug-likeness (QED) is 0.701. The zero-order valence-corrected chi connectivity index (χ0v) is 14.3. The molecular weight excluding hydrogens is 348 g/mol. The summed E-state index contributed by atoms with van der Waals surface area (Å²) in [7, 11) is 0. The van der Waals surface area contributed by atoms with Crippen LogP contribution >= 0.6 is 11.6 Å². The number of benzene rings is 2. The van der Waals surface area contributed by atoms with Crippen LogP contribution in [0.15, 0.2) is 48.5 Å². The van der Waals surface area contributed by atoms with Crippen molar-refractivity contribution in [1.82, 2.24) is 16.2 Å². The fourth-order valence-electron chi connectivity index (χ4n) is 3.00. The van der Waals surface area contributed by atoms with Crippen molar-refractivity contribution in [3.63, 3.8) is 0 Å². The molecule has 2 atom stereocenters. The van der Waals surface area contributed by atoms with Crippen molar-refractivity contribution < 1.29 is 13.5 Å². The van der Waals surface area contributed by atoms with Gasteiger partial charge in [-0.3, -0.25) is 5.43 Å². The highest BCUT2D eigenvalue weighted by atomic mass is 35.5. The van der Waals surface area contributed by atoms with Crippen molar-refractivity contribution in [3.8, 4) is 5.75 Å². The lowest BCUT2D eigenvalue weighted by Gasteiger charge is -2.20. The Hall–Kier alpha value is -1.73. The monoisotopic (exact) mass is 367 g/mol. The average molecular weight is 368 g/mol. The van der Waals surface area contributed by atoms with Gasteiger partial charge in [0.1, 0.15) is 5.75 Å². The molecule has 134 valence electrons. The van der Waals surface area contributed by atoms with Crippen LogP contribution in [0.5, 0.6) is 5.75 Å². The molecule has 1 aliphatic heterocycles. The molecule has 1 aliphatic rings. The summed E-state index contributed by atoms with van der Waals surface area (Å²) in [5, 5.41) is 4.05. The van der Waals surface area contributed by atoms with E-state index in [2.05, 4.69) is 20.9 Å². The van der Waals surface area contributed by atoms with Gasteiger partial charge in [0.05, 0.1) is 6.04 Å². The van der Waals surface area contributed by atoms with Crippen LogP contribution in [-0.2, 0) is 6.54 Å². The normalized spacial score (nSPS) is 20.2. The standard InChI is InChI=1S/C18H20ClF2N3O/c19-15-7-5-12(6-8-15)17-14(11-23-24-17)10-22-9-13-3-1-2-4-16(13)25-18(20)21/h1-8,14,17-18,22-24H,9-11H2. The molecule has 1 saturated heterocycles. The van der Waals surface area contributed by atoms with Crippen LogP contribution in [0.4, 0.5) is 8.78 Å². The summed E-state index contributed by atoms with van der Waals surface area (Å²) in [6, 6.07) is 14.8. The van der Waals surface area contributed by atoms with E-state index < -0.39 is 6.61 Å². The highest BCUT2D eigenvalue weighted by Gasteiger charge is 2.27. The number of halogens is 3. The second-order valence-corrected chi connectivity index (χ2v) is 6.37. The van der Waals surface area contributed by atoms with E-state index in [0.717, 1.165) is 18.7 Å². The van der Waals surface area contributed by atoms with Crippen LogP contribution in [0, 0.1) is 5.92 Å². The summed E-state index contributed by atoms with van der Waals surface area (Å²) in [6.45, 7) is -0.808. The van der Waals surface area contributed by atoms with Gasteiger partial charge in [0, 0.05) is 36.1 Å². The minimum absolute atomic E-state index is 0.164. The first-order valence-electron chi connectivity index (χ1n) is 8.11. The molecule has 0 radical (unpaired) electrons. The lowest BCUT2D eigenvalue weighted by atomic mass is 9.95. The maximum atomic E-state index is 12.5. The summed E-state index contributed by atoms with van der Waals surface area (Å²) in [4.78, 5) is 0. The van der Waals surface area contributed by atoms with Gasteiger partial charge in [0.2, 0.25) is 0 Å². The lowest BCUT2D eigenvalue weighted by Crippen LogP contribution is -2.28. The molecule has 2 aromatic carbocycles. The number of para-hydroxylation sites is 1. The lowest BCUT2D eigenvalue weighted by molar-refractivity contribution is -0.0505. The van der Waals surface area contributed by atoms with E-state index in [1.54, 1.807) is 18.2 Å². The molecule has 1 heterocycles. The Kier molecular flexibility index (Phi) is 6.20. The topological polar surface area (TPSA) is 45.3 Å². The molecule has 0 bridgehead atoms. The minimum Gasteiger partial charge on any atom is -0.434 e. The molecule has 4 nitrogen and oxygen atoms in total. The second kappa shape index (κ2) is 8.58. The minimum atomic E-state index is -2.82.